The minimum atomic E-state index is -0.142. The Labute approximate surface area is 116 Å². The van der Waals surface area contributed by atoms with Gasteiger partial charge in [0, 0.05) is 19.4 Å². The van der Waals surface area contributed by atoms with Crippen LogP contribution in [0, 0.1) is 0 Å². The minimum Gasteiger partial charge on any atom is -0.309 e. The number of hydrogen-bond donors (Lipinski definition) is 1. The lowest BCUT2D eigenvalue weighted by Gasteiger charge is -1.91. The Morgan fingerprint density at radius 3 is 2.83 bits per heavy atom. The number of halogens is 1. The molecule has 2 aromatic rings. The fourth-order valence-electron chi connectivity index (χ4n) is 1.84. The zero-order valence-electron chi connectivity index (χ0n) is 9.53. The monoisotopic (exact) mass is 320 g/mol. The van der Waals surface area contributed by atoms with E-state index < -0.39 is 0 Å². The van der Waals surface area contributed by atoms with Crippen molar-refractivity contribution in [3.63, 3.8) is 0 Å². The highest BCUT2D eigenvalue weighted by Crippen LogP contribution is 2.37. The first kappa shape index (κ1) is 11.6. The number of nitrogens with one attached hydrogen (secondary N) is 1. The van der Waals surface area contributed by atoms with Gasteiger partial charge in [0.1, 0.15) is 11.5 Å². The van der Waals surface area contributed by atoms with Gasteiger partial charge < -0.3 is 5.32 Å². The zero-order chi connectivity index (χ0) is 12.7. The van der Waals surface area contributed by atoms with E-state index in [-0.39, 0.29) is 5.91 Å². The fourth-order valence-corrected chi connectivity index (χ4v) is 3.70. The third-order valence-electron chi connectivity index (χ3n) is 2.64. The second-order valence-corrected chi connectivity index (χ2v) is 5.83. The summed E-state index contributed by atoms with van der Waals surface area (Å²) in [6, 6.07) is 8.13. The third-order valence-corrected chi connectivity index (χ3v) is 4.88. The number of carbonyl (C=O) groups excluding carboxylic acids is 1. The predicted molar refractivity (Wildman–Crippen MR) is 78.8 cm³/mol. The summed E-state index contributed by atoms with van der Waals surface area (Å²) in [5.74, 6) is 0.500. The Bertz CT molecular complexity index is 715. The minimum absolute atomic E-state index is 0.142. The number of fused-ring (bicyclic) bond motifs is 1. The standard InChI is InChI=1S/C13H9BrN2OS/c1-7-15-9(13(17)16-7)6-11-12(14)8-4-2-3-5-10(8)18-11/h2-6H,1H3,(H,15,16,17)/b9-6-. The summed E-state index contributed by atoms with van der Waals surface area (Å²) < 4.78 is 2.21. The average molecular weight is 321 g/mol. The molecule has 0 fully saturated rings. The maximum Gasteiger partial charge on any atom is 0.275 e. The van der Waals surface area contributed by atoms with E-state index in [9.17, 15) is 4.79 Å². The molecule has 0 unspecified atom stereocenters. The Balaban J connectivity index is 2.13. The van der Waals surface area contributed by atoms with Crippen LogP contribution in [0.5, 0.6) is 0 Å². The first-order valence-corrected chi connectivity index (χ1v) is 7.01. The second kappa shape index (κ2) is 4.33. The summed E-state index contributed by atoms with van der Waals surface area (Å²) in [6.07, 6.45) is 1.82. The van der Waals surface area contributed by atoms with Gasteiger partial charge in [-0.05, 0) is 35.0 Å². The third kappa shape index (κ3) is 1.89. The SMILES string of the molecule is CC1=N/C(=C\c2sc3ccccc3c2Br)C(=O)N1. The maximum atomic E-state index is 11.6. The van der Waals surface area contributed by atoms with Gasteiger partial charge in [-0.25, -0.2) is 4.99 Å². The largest absolute Gasteiger partial charge is 0.309 e. The van der Waals surface area contributed by atoms with Crippen LogP contribution in [0.2, 0.25) is 0 Å². The smallest absolute Gasteiger partial charge is 0.275 e. The van der Waals surface area contributed by atoms with E-state index >= 15 is 0 Å². The number of thiophene rings is 1. The van der Waals surface area contributed by atoms with Crippen LogP contribution in [-0.4, -0.2) is 11.7 Å². The number of hydrogen-bond acceptors (Lipinski definition) is 3. The van der Waals surface area contributed by atoms with Crippen LogP contribution in [0.15, 0.2) is 39.4 Å². The molecule has 0 radical (unpaired) electrons. The molecule has 0 atom stereocenters. The first-order chi connectivity index (χ1) is 8.65. The first-order valence-electron chi connectivity index (χ1n) is 5.40. The van der Waals surface area contributed by atoms with Gasteiger partial charge in [-0.1, -0.05) is 18.2 Å². The van der Waals surface area contributed by atoms with E-state index in [2.05, 4.69) is 38.4 Å². The van der Waals surface area contributed by atoms with Crippen molar-refractivity contribution in [1.29, 1.82) is 0 Å². The molecule has 1 aromatic heterocycles. The highest BCUT2D eigenvalue weighted by Gasteiger charge is 2.18. The summed E-state index contributed by atoms with van der Waals surface area (Å²) in [5, 5.41) is 3.83. The van der Waals surface area contributed by atoms with Crippen LogP contribution in [-0.2, 0) is 4.79 Å². The van der Waals surface area contributed by atoms with Gasteiger partial charge in [0.05, 0.1) is 0 Å². The topological polar surface area (TPSA) is 41.5 Å². The molecule has 1 aliphatic heterocycles. The molecule has 3 rings (SSSR count). The van der Waals surface area contributed by atoms with Gasteiger partial charge in [0.15, 0.2) is 0 Å². The Morgan fingerprint density at radius 1 is 1.39 bits per heavy atom. The molecule has 90 valence electrons. The van der Waals surface area contributed by atoms with Crippen molar-refractivity contribution < 1.29 is 4.79 Å². The summed E-state index contributed by atoms with van der Waals surface area (Å²) in [6.45, 7) is 1.78. The van der Waals surface area contributed by atoms with Crippen molar-refractivity contribution in [3.8, 4) is 0 Å². The molecule has 3 nitrogen and oxygen atoms in total. The second-order valence-electron chi connectivity index (χ2n) is 3.96. The van der Waals surface area contributed by atoms with Gasteiger partial charge in [0.25, 0.3) is 5.91 Å². The normalized spacial score (nSPS) is 17.3. The van der Waals surface area contributed by atoms with Crippen molar-refractivity contribution in [2.45, 2.75) is 6.92 Å². The van der Waals surface area contributed by atoms with Crippen LogP contribution in [0.3, 0.4) is 0 Å². The number of amidine groups is 1. The lowest BCUT2D eigenvalue weighted by molar-refractivity contribution is -0.115. The summed E-state index contributed by atoms with van der Waals surface area (Å²) in [4.78, 5) is 16.8. The zero-order valence-corrected chi connectivity index (χ0v) is 11.9. The molecule has 0 saturated carbocycles. The van der Waals surface area contributed by atoms with Gasteiger partial charge in [-0.15, -0.1) is 11.3 Å². The quantitative estimate of drug-likeness (QED) is 0.802. The molecule has 1 aliphatic rings. The lowest BCUT2D eigenvalue weighted by atomic mass is 10.2. The molecule has 0 aliphatic carbocycles. The Morgan fingerprint density at radius 2 is 2.17 bits per heavy atom. The number of amides is 1. The summed E-state index contributed by atoms with van der Waals surface area (Å²) in [7, 11) is 0. The van der Waals surface area contributed by atoms with E-state index in [1.165, 1.54) is 4.70 Å². The van der Waals surface area contributed by atoms with Crippen LogP contribution in [0.25, 0.3) is 16.2 Å². The molecule has 18 heavy (non-hydrogen) atoms. The van der Waals surface area contributed by atoms with Crippen molar-refractivity contribution in [1.82, 2.24) is 5.32 Å². The van der Waals surface area contributed by atoms with Gasteiger partial charge in [-0.3, -0.25) is 4.79 Å². The molecule has 2 heterocycles. The highest BCUT2D eigenvalue weighted by atomic mass is 79.9. The van der Waals surface area contributed by atoms with Crippen molar-refractivity contribution in [2.75, 3.05) is 0 Å². The van der Waals surface area contributed by atoms with E-state index in [0.717, 1.165) is 14.7 Å². The fraction of sp³-hybridized carbons (Fsp3) is 0.0769. The van der Waals surface area contributed by atoms with Crippen molar-refractivity contribution >= 4 is 55.2 Å². The van der Waals surface area contributed by atoms with Crippen LogP contribution in [0.1, 0.15) is 11.8 Å². The molecule has 0 saturated heterocycles. The van der Waals surface area contributed by atoms with Gasteiger partial charge in [0.2, 0.25) is 0 Å². The molecule has 1 N–H and O–H groups in total. The van der Waals surface area contributed by atoms with Crippen molar-refractivity contribution in [2.24, 2.45) is 4.99 Å². The molecule has 1 aromatic carbocycles. The molecular weight excluding hydrogens is 312 g/mol. The van der Waals surface area contributed by atoms with Crippen LogP contribution < -0.4 is 5.32 Å². The number of carbonyl (C=O) groups is 1. The molecule has 5 heteroatoms. The van der Waals surface area contributed by atoms with E-state index in [1.807, 2.05) is 18.2 Å². The summed E-state index contributed by atoms with van der Waals surface area (Å²) in [5.41, 5.74) is 0.458. The predicted octanol–water partition coefficient (Wildman–Crippen LogP) is 3.55. The molecule has 0 spiro atoms. The number of aliphatic imine (C=N–C) groups is 1. The van der Waals surface area contributed by atoms with E-state index in [1.54, 1.807) is 18.3 Å². The van der Waals surface area contributed by atoms with Crippen molar-refractivity contribution in [3.05, 3.63) is 39.3 Å². The van der Waals surface area contributed by atoms with Crippen LogP contribution in [0.4, 0.5) is 0 Å². The van der Waals surface area contributed by atoms with Crippen LogP contribution >= 0.6 is 27.3 Å². The molecule has 1 amide bonds. The van der Waals surface area contributed by atoms with Gasteiger partial charge in [-0.2, -0.15) is 0 Å². The average Bonchev–Trinajstić information content (AvgIpc) is 2.82. The Kier molecular flexibility index (Phi) is 2.80. The Hall–Kier alpha value is -1.46. The number of nitrogens with zero attached hydrogens (tertiary/aromatic N) is 1. The molecule has 0 bridgehead atoms. The maximum absolute atomic E-state index is 11.6. The highest BCUT2D eigenvalue weighted by molar-refractivity contribution is 9.10. The number of benzene rings is 1. The van der Waals surface area contributed by atoms with E-state index in [0.29, 0.717) is 11.5 Å². The van der Waals surface area contributed by atoms with Gasteiger partial charge >= 0.3 is 0 Å². The summed E-state index contributed by atoms with van der Waals surface area (Å²) >= 11 is 5.22. The molecular formula is C13H9BrN2OS. The number of rotatable bonds is 1. The van der Waals surface area contributed by atoms with E-state index in [4.69, 9.17) is 0 Å². The lowest BCUT2D eigenvalue weighted by Crippen LogP contribution is -2.21.